The van der Waals surface area contributed by atoms with Crippen LogP contribution in [0.2, 0.25) is 0 Å². The molecule has 2 saturated heterocycles. The predicted octanol–water partition coefficient (Wildman–Crippen LogP) is 2.04. The lowest BCUT2D eigenvalue weighted by atomic mass is 10.1. The monoisotopic (exact) mass is 398 g/mol. The summed E-state index contributed by atoms with van der Waals surface area (Å²) >= 11 is 1.58. The maximum Gasteiger partial charge on any atom is 0.243 e. The maximum atomic E-state index is 13.0. The Morgan fingerprint density at radius 2 is 1.92 bits per heavy atom. The van der Waals surface area contributed by atoms with Crippen LogP contribution in [-0.2, 0) is 24.3 Å². The van der Waals surface area contributed by atoms with Crippen LogP contribution < -0.4 is 5.32 Å². The summed E-state index contributed by atoms with van der Waals surface area (Å²) in [4.78, 5) is 13.1. The number of carbonyl (C=O) groups excluding carboxylic acids is 1. The van der Waals surface area contributed by atoms with Crippen molar-refractivity contribution in [3.8, 4) is 0 Å². The number of benzene rings is 1. The van der Waals surface area contributed by atoms with E-state index in [1.165, 1.54) is 4.31 Å². The molecule has 1 aromatic rings. The molecule has 3 aliphatic rings. The van der Waals surface area contributed by atoms with Crippen molar-refractivity contribution >= 4 is 33.4 Å². The van der Waals surface area contributed by atoms with E-state index in [1.54, 1.807) is 30.0 Å². The molecule has 7 nitrogen and oxygen atoms in total. The minimum absolute atomic E-state index is 0.0891. The molecule has 1 N–H and O–H groups in total. The van der Waals surface area contributed by atoms with E-state index in [2.05, 4.69) is 5.32 Å². The van der Waals surface area contributed by atoms with Crippen LogP contribution >= 0.6 is 11.8 Å². The van der Waals surface area contributed by atoms with Gasteiger partial charge in [0.15, 0.2) is 5.79 Å². The summed E-state index contributed by atoms with van der Waals surface area (Å²) in [6.45, 7) is 3.83. The fourth-order valence-electron chi connectivity index (χ4n) is 3.59. The van der Waals surface area contributed by atoms with Crippen molar-refractivity contribution < 1.29 is 22.7 Å². The van der Waals surface area contributed by atoms with Gasteiger partial charge in [0.2, 0.25) is 15.9 Å². The predicted molar refractivity (Wildman–Crippen MR) is 97.6 cm³/mol. The van der Waals surface area contributed by atoms with Crippen molar-refractivity contribution in [3.05, 3.63) is 18.2 Å². The van der Waals surface area contributed by atoms with E-state index in [0.717, 1.165) is 4.90 Å². The molecule has 0 aromatic heterocycles. The zero-order valence-corrected chi connectivity index (χ0v) is 16.2. The Morgan fingerprint density at radius 1 is 1.23 bits per heavy atom. The lowest BCUT2D eigenvalue weighted by Gasteiger charge is -2.36. The fourth-order valence-corrected chi connectivity index (χ4v) is 6.11. The second-order valence-electron chi connectivity index (χ2n) is 6.85. The minimum Gasteiger partial charge on any atom is -0.347 e. The third kappa shape index (κ3) is 3.38. The zero-order valence-electron chi connectivity index (χ0n) is 14.6. The van der Waals surface area contributed by atoms with Crippen LogP contribution in [0.1, 0.15) is 26.2 Å². The van der Waals surface area contributed by atoms with E-state index in [1.807, 2.05) is 6.92 Å². The van der Waals surface area contributed by atoms with E-state index in [-0.39, 0.29) is 16.1 Å². The molecular weight excluding hydrogens is 376 g/mol. The number of rotatable bonds is 2. The van der Waals surface area contributed by atoms with E-state index in [9.17, 15) is 13.2 Å². The Bertz CT molecular complexity index is 810. The first-order valence-electron chi connectivity index (χ1n) is 8.77. The van der Waals surface area contributed by atoms with Gasteiger partial charge < -0.3 is 14.8 Å². The standard InChI is InChI=1S/C17H22N2O5S2/c1-12-10-16(20)18-14-11-13(2-3-15(14)25-12)26(21,22)19-6-4-17(5-7-19)23-8-9-24-17/h2-3,11-12H,4-10H2,1H3,(H,18,20). The van der Waals surface area contributed by atoms with Crippen molar-refractivity contribution in [2.75, 3.05) is 31.6 Å². The summed E-state index contributed by atoms with van der Waals surface area (Å²) in [6, 6.07) is 4.97. The molecule has 3 aliphatic heterocycles. The molecule has 1 aromatic carbocycles. The Hall–Kier alpha value is -1.13. The van der Waals surface area contributed by atoms with Gasteiger partial charge in [-0.15, -0.1) is 11.8 Å². The summed E-state index contributed by atoms with van der Waals surface area (Å²) in [7, 11) is -3.62. The largest absolute Gasteiger partial charge is 0.347 e. The van der Waals surface area contributed by atoms with Gasteiger partial charge in [0.1, 0.15) is 0 Å². The number of hydrogen-bond acceptors (Lipinski definition) is 6. The number of amides is 1. The SMILES string of the molecule is CC1CC(=O)Nc2cc(S(=O)(=O)N3CCC4(CC3)OCCO4)ccc2S1. The van der Waals surface area contributed by atoms with Gasteiger partial charge in [0, 0.05) is 42.5 Å². The molecule has 0 bridgehead atoms. The molecule has 1 spiro atoms. The van der Waals surface area contributed by atoms with E-state index in [0.29, 0.717) is 51.3 Å². The first-order chi connectivity index (χ1) is 12.4. The molecule has 2 fully saturated rings. The highest BCUT2D eigenvalue weighted by molar-refractivity contribution is 8.00. The smallest absolute Gasteiger partial charge is 0.243 e. The fraction of sp³-hybridized carbons (Fsp3) is 0.588. The number of anilines is 1. The minimum atomic E-state index is -3.62. The molecule has 142 valence electrons. The van der Waals surface area contributed by atoms with Gasteiger partial charge in [-0.2, -0.15) is 4.31 Å². The second kappa shape index (κ2) is 6.79. The molecule has 0 saturated carbocycles. The molecule has 1 atom stereocenters. The number of fused-ring (bicyclic) bond motifs is 1. The quantitative estimate of drug-likeness (QED) is 0.821. The molecule has 26 heavy (non-hydrogen) atoms. The van der Waals surface area contributed by atoms with Gasteiger partial charge in [-0.1, -0.05) is 6.92 Å². The normalized spacial score (nSPS) is 26.3. The summed E-state index contributed by atoms with van der Waals surface area (Å²) in [6.07, 6.45) is 1.47. The molecule has 1 unspecified atom stereocenters. The number of carbonyl (C=O) groups is 1. The zero-order chi connectivity index (χ0) is 18.4. The van der Waals surface area contributed by atoms with Gasteiger partial charge in [0.25, 0.3) is 0 Å². The number of sulfonamides is 1. The Kier molecular flexibility index (Phi) is 4.77. The average molecular weight is 399 g/mol. The summed E-state index contributed by atoms with van der Waals surface area (Å²) in [5.41, 5.74) is 0.571. The van der Waals surface area contributed by atoms with Crippen LogP contribution in [0.3, 0.4) is 0 Å². The van der Waals surface area contributed by atoms with Crippen LogP contribution in [0.5, 0.6) is 0 Å². The first-order valence-corrected chi connectivity index (χ1v) is 11.1. The Balaban J connectivity index is 1.56. The molecule has 9 heteroatoms. The van der Waals surface area contributed by atoms with E-state index in [4.69, 9.17) is 9.47 Å². The van der Waals surface area contributed by atoms with Gasteiger partial charge >= 0.3 is 0 Å². The Morgan fingerprint density at radius 3 is 2.62 bits per heavy atom. The number of nitrogens with zero attached hydrogens (tertiary/aromatic N) is 1. The van der Waals surface area contributed by atoms with Crippen LogP contribution in [0.15, 0.2) is 28.0 Å². The number of piperidine rings is 1. The van der Waals surface area contributed by atoms with Crippen LogP contribution in [-0.4, -0.2) is 56.0 Å². The Labute approximate surface area is 157 Å². The van der Waals surface area contributed by atoms with Crippen LogP contribution in [0.4, 0.5) is 5.69 Å². The maximum absolute atomic E-state index is 13.0. The third-order valence-corrected chi connectivity index (χ3v) is 8.04. The van der Waals surface area contributed by atoms with Crippen LogP contribution in [0, 0.1) is 0 Å². The molecular formula is C17H22N2O5S2. The van der Waals surface area contributed by atoms with Gasteiger partial charge in [0.05, 0.1) is 23.8 Å². The van der Waals surface area contributed by atoms with Crippen molar-refractivity contribution in [2.24, 2.45) is 0 Å². The van der Waals surface area contributed by atoms with E-state index < -0.39 is 15.8 Å². The van der Waals surface area contributed by atoms with Crippen molar-refractivity contribution in [2.45, 2.75) is 47.0 Å². The number of nitrogens with one attached hydrogen (secondary N) is 1. The van der Waals surface area contributed by atoms with Crippen molar-refractivity contribution in [3.63, 3.8) is 0 Å². The third-order valence-electron chi connectivity index (χ3n) is 4.96. The van der Waals surface area contributed by atoms with Crippen molar-refractivity contribution in [1.29, 1.82) is 0 Å². The number of hydrogen-bond donors (Lipinski definition) is 1. The summed E-state index contributed by atoms with van der Waals surface area (Å²) in [5, 5.41) is 2.98. The molecule has 0 aliphatic carbocycles. The first kappa shape index (κ1) is 18.2. The highest BCUT2D eigenvalue weighted by Gasteiger charge is 2.42. The molecule has 1 amide bonds. The van der Waals surface area contributed by atoms with Gasteiger partial charge in [-0.05, 0) is 18.2 Å². The van der Waals surface area contributed by atoms with Crippen molar-refractivity contribution in [1.82, 2.24) is 4.31 Å². The number of thioether (sulfide) groups is 1. The molecule has 3 heterocycles. The van der Waals surface area contributed by atoms with Crippen LogP contribution in [0.25, 0.3) is 0 Å². The summed E-state index contributed by atoms with van der Waals surface area (Å²) in [5.74, 6) is -0.700. The number of ether oxygens (including phenoxy) is 2. The van der Waals surface area contributed by atoms with Gasteiger partial charge in [-0.25, -0.2) is 8.42 Å². The summed E-state index contributed by atoms with van der Waals surface area (Å²) < 4.78 is 38.9. The average Bonchev–Trinajstić information content (AvgIpc) is 2.98. The van der Waals surface area contributed by atoms with E-state index >= 15 is 0 Å². The highest BCUT2D eigenvalue weighted by Crippen LogP contribution is 2.38. The topological polar surface area (TPSA) is 84.9 Å². The lowest BCUT2D eigenvalue weighted by Crippen LogP contribution is -2.47. The second-order valence-corrected chi connectivity index (χ2v) is 10.3. The molecule has 4 rings (SSSR count). The highest BCUT2D eigenvalue weighted by atomic mass is 32.2. The van der Waals surface area contributed by atoms with Gasteiger partial charge in [-0.3, -0.25) is 4.79 Å². The lowest BCUT2D eigenvalue weighted by molar-refractivity contribution is -0.179. The molecule has 0 radical (unpaired) electrons.